The zero-order chi connectivity index (χ0) is 19.7. The predicted octanol–water partition coefficient (Wildman–Crippen LogP) is 3.86. The lowest BCUT2D eigenvalue weighted by Gasteiger charge is -2.33. The van der Waals surface area contributed by atoms with Crippen molar-refractivity contribution in [2.24, 2.45) is 0 Å². The van der Waals surface area contributed by atoms with Gasteiger partial charge < -0.3 is 10.7 Å². The number of nitrogens with one attached hydrogen (secondary N) is 2. The van der Waals surface area contributed by atoms with Gasteiger partial charge in [-0.25, -0.2) is 4.68 Å². The molecule has 1 aliphatic heterocycles. The van der Waals surface area contributed by atoms with Crippen LogP contribution in [-0.4, -0.2) is 26.0 Å². The fraction of sp³-hybridized carbons (Fsp3) is 0.286. The van der Waals surface area contributed by atoms with Crippen LogP contribution in [0.5, 0.6) is 0 Å². The fourth-order valence-corrected chi connectivity index (χ4v) is 4.37. The zero-order valence-corrected chi connectivity index (χ0v) is 17.0. The molecule has 4 rings (SSSR count). The summed E-state index contributed by atoms with van der Waals surface area (Å²) >= 11 is 1.45. The molecule has 1 aromatic heterocycles. The minimum atomic E-state index is -0.370. The Bertz CT molecular complexity index is 1000. The van der Waals surface area contributed by atoms with Crippen molar-refractivity contribution >= 4 is 23.4 Å². The van der Waals surface area contributed by atoms with Gasteiger partial charge in [-0.1, -0.05) is 55.1 Å². The van der Waals surface area contributed by atoms with Crippen LogP contribution in [0, 0.1) is 13.8 Å². The standard InChI is InChI=1S/C21H23N5OS/c1-4-17-23-24-21-26(17)25-18(15-8-6-5-7-9-15)19(28-21)20(27)22-16-11-10-13(2)14(3)12-16/h5-12,18-19,25H,4H2,1-3H3,(H,22,27)/t18-,19+/m0/s1. The molecule has 0 radical (unpaired) electrons. The lowest BCUT2D eigenvalue weighted by Crippen LogP contribution is -2.41. The molecule has 3 aromatic rings. The summed E-state index contributed by atoms with van der Waals surface area (Å²) in [5.41, 5.74) is 7.67. The van der Waals surface area contributed by atoms with Crippen molar-refractivity contribution in [1.29, 1.82) is 0 Å². The highest BCUT2D eigenvalue weighted by atomic mass is 32.2. The number of nitrogens with zero attached hydrogens (tertiary/aromatic N) is 3. The minimum absolute atomic E-state index is 0.0538. The maximum atomic E-state index is 13.2. The normalized spacial score (nSPS) is 18.2. The lowest BCUT2D eigenvalue weighted by atomic mass is 10.0. The van der Waals surface area contributed by atoms with E-state index in [-0.39, 0.29) is 17.2 Å². The zero-order valence-electron chi connectivity index (χ0n) is 16.1. The molecule has 0 saturated heterocycles. The summed E-state index contributed by atoms with van der Waals surface area (Å²) in [5, 5.41) is 11.9. The van der Waals surface area contributed by atoms with Crippen LogP contribution in [0.2, 0.25) is 0 Å². The maximum Gasteiger partial charge on any atom is 0.240 e. The van der Waals surface area contributed by atoms with E-state index >= 15 is 0 Å². The first kappa shape index (κ1) is 18.6. The fourth-order valence-electron chi connectivity index (χ4n) is 3.27. The van der Waals surface area contributed by atoms with Crippen LogP contribution in [0.3, 0.4) is 0 Å². The van der Waals surface area contributed by atoms with E-state index in [1.54, 1.807) is 0 Å². The number of rotatable bonds is 4. The van der Waals surface area contributed by atoms with E-state index in [1.807, 2.05) is 67.1 Å². The van der Waals surface area contributed by atoms with Crippen molar-refractivity contribution in [3.05, 3.63) is 71.0 Å². The van der Waals surface area contributed by atoms with Crippen molar-refractivity contribution < 1.29 is 4.79 Å². The Balaban J connectivity index is 1.65. The highest BCUT2D eigenvalue weighted by molar-refractivity contribution is 8.00. The van der Waals surface area contributed by atoms with Gasteiger partial charge in [-0.15, -0.1) is 10.2 Å². The first-order chi connectivity index (χ1) is 13.6. The Morgan fingerprint density at radius 2 is 1.93 bits per heavy atom. The van der Waals surface area contributed by atoms with Crippen LogP contribution in [-0.2, 0) is 11.2 Å². The molecule has 0 spiro atoms. The van der Waals surface area contributed by atoms with Gasteiger partial charge in [0.15, 0.2) is 5.82 Å². The summed E-state index contributed by atoms with van der Waals surface area (Å²) in [4.78, 5) is 13.2. The molecule has 0 bridgehead atoms. The number of thioether (sulfide) groups is 1. The number of hydrogen-bond donors (Lipinski definition) is 2. The number of amides is 1. The molecule has 2 atom stereocenters. The molecule has 144 valence electrons. The minimum Gasteiger partial charge on any atom is -0.325 e. The quantitative estimate of drug-likeness (QED) is 0.704. The van der Waals surface area contributed by atoms with Gasteiger partial charge in [-0.05, 0) is 42.7 Å². The second-order valence-electron chi connectivity index (χ2n) is 6.93. The SMILES string of the molecule is CCc1nnc2n1N[C@@H](c1ccccc1)[C@H](C(=O)Nc1ccc(C)c(C)c1)S2. The van der Waals surface area contributed by atoms with Gasteiger partial charge >= 0.3 is 0 Å². The third kappa shape index (κ3) is 3.49. The van der Waals surface area contributed by atoms with Crippen LogP contribution >= 0.6 is 11.8 Å². The Hall–Kier alpha value is -2.80. The first-order valence-electron chi connectivity index (χ1n) is 9.37. The molecule has 0 fully saturated rings. The number of aromatic nitrogens is 3. The smallest absolute Gasteiger partial charge is 0.240 e. The van der Waals surface area contributed by atoms with Crippen molar-refractivity contribution in [2.45, 2.75) is 43.6 Å². The topological polar surface area (TPSA) is 71.8 Å². The van der Waals surface area contributed by atoms with Gasteiger partial charge in [0.05, 0.1) is 6.04 Å². The monoisotopic (exact) mass is 393 g/mol. The van der Waals surface area contributed by atoms with Gasteiger partial charge in [-0.2, -0.15) is 0 Å². The average Bonchev–Trinajstić information content (AvgIpc) is 3.12. The molecule has 28 heavy (non-hydrogen) atoms. The van der Waals surface area contributed by atoms with Gasteiger partial charge in [0.1, 0.15) is 5.25 Å². The summed E-state index contributed by atoms with van der Waals surface area (Å²) in [6.45, 7) is 6.15. The third-order valence-corrected chi connectivity index (χ3v) is 6.23. The molecule has 1 aliphatic rings. The van der Waals surface area contributed by atoms with Crippen molar-refractivity contribution in [3.8, 4) is 0 Å². The number of benzene rings is 2. The van der Waals surface area contributed by atoms with Gasteiger partial charge in [0.2, 0.25) is 11.1 Å². The van der Waals surface area contributed by atoms with E-state index in [0.29, 0.717) is 5.16 Å². The molecule has 2 N–H and O–H groups in total. The lowest BCUT2D eigenvalue weighted by molar-refractivity contribution is -0.116. The molecular formula is C21H23N5OS. The summed E-state index contributed by atoms with van der Waals surface area (Å²) < 4.78 is 1.90. The molecule has 6 nitrogen and oxygen atoms in total. The Morgan fingerprint density at radius 1 is 1.14 bits per heavy atom. The Morgan fingerprint density at radius 3 is 2.64 bits per heavy atom. The second kappa shape index (κ2) is 7.67. The summed E-state index contributed by atoms with van der Waals surface area (Å²) in [5.74, 6) is 0.804. The number of aryl methyl sites for hydroxylation is 3. The average molecular weight is 394 g/mol. The highest BCUT2D eigenvalue weighted by Gasteiger charge is 2.37. The van der Waals surface area contributed by atoms with E-state index < -0.39 is 0 Å². The van der Waals surface area contributed by atoms with E-state index in [9.17, 15) is 4.79 Å². The summed E-state index contributed by atoms with van der Waals surface area (Å²) in [7, 11) is 0. The van der Waals surface area contributed by atoms with E-state index in [2.05, 4.69) is 27.9 Å². The maximum absolute atomic E-state index is 13.2. The summed E-state index contributed by atoms with van der Waals surface area (Å²) in [6.07, 6.45) is 0.765. The van der Waals surface area contributed by atoms with E-state index in [0.717, 1.165) is 29.1 Å². The van der Waals surface area contributed by atoms with E-state index in [4.69, 9.17) is 0 Å². The van der Waals surface area contributed by atoms with Crippen LogP contribution < -0.4 is 10.7 Å². The third-order valence-electron chi connectivity index (χ3n) is 5.01. The van der Waals surface area contributed by atoms with Gasteiger partial charge in [0, 0.05) is 12.1 Å². The van der Waals surface area contributed by atoms with Crippen LogP contribution in [0.15, 0.2) is 53.7 Å². The molecule has 2 aromatic carbocycles. The number of hydrogen-bond acceptors (Lipinski definition) is 5. The molecule has 0 saturated carbocycles. The second-order valence-corrected chi connectivity index (χ2v) is 8.04. The molecule has 0 aliphatic carbocycles. The molecule has 7 heteroatoms. The Labute approximate surface area is 168 Å². The van der Waals surface area contributed by atoms with Crippen LogP contribution in [0.1, 0.15) is 35.5 Å². The molecular weight excluding hydrogens is 370 g/mol. The van der Waals surface area contributed by atoms with Crippen molar-refractivity contribution in [3.63, 3.8) is 0 Å². The van der Waals surface area contributed by atoms with Gasteiger partial charge in [-0.3, -0.25) is 4.79 Å². The number of anilines is 1. The van der Waals surface area contributed by atoms with E-state index in [1.165, 1.54) is 17.3 Å². The highest BCUT2D eigenvalue weighted by Crippen LogP contribution is 2.37. The number of fused-ring (bicyclic) bond motifs is 1. The number of carbonyl (C=O) groups is 1. The van der Waals surface area contributed by atoms with Crippen LogP contribution in [0.4, 0.5) is 5.69 Å². The molecule has 0 unspecified atom stereocenters. The first-order valence-corrected chi connectivity index (χ1v) is 10.3. The van der Waals surface area contributed by atoms with Crippen LogP contribution in [0.25, 0.3) is 0 Å². The van der Waals surface area contributed by atoms with Crippen molar-refractivity contribution in [2.75, 3.05) is 10.7 Å². The number of carbonyl (C=O) groups excluding carboxylic acids is 1. The van der Waals surface area contributed by atoms with Gasteiger partial charge in [0.25, 0.3) is 0 Å². The predicted molar refractivity (Wildman–Crippen MR) is 112 cm³/mol. The van der Waals surface area contributed by atoms with Crippen molar-refractivity contribution in [1.82, 2.24) is 14.9 Å². The Kier molecular flexibility index (Phi) is 5.09. The molecule has 1 amide bonds. The largest absolute Gasteiger partial charge is 0.325 e. The molecule has 2 heterocycles. The summed E-state index contributed by atoms with van der Waals surface area (Å²) in [6, 6.07) is 15.8.